The first-order valence-electron chi connectivity index (χ1n) is 12.3. The van der Waals surface area contributed by atoms with Crippen molar-refractivity contribution in [2.45, 2.75) is 6.61 Å². The molecule has 0 aliphatic carbocycles. The molecule has 0 bridgehead atoms. The van der Waals surface area contributed by atoms with Crippen LogP contribution in [0.2, 0.25) is 0 Å². The van der Waals surface area contributed by atoms with Crippen molar-refractivity contribution in [3.8, 4) is 40.0 Å². The van der Waals surface area contributed by atoms with Gasteiger partial charge in [-0.25, -0.2) is 4.99 Å². The van der Waals surface area contributed by atoms with Gasteiger partial charge in [0.2, 0.25) is 5.88 Å². The minimum atomic E-state index is -0.443. The summed E-state index contributed by atoms with van der Waals surface area (Å²) in [5.41, 5.74) is 4.25. The molecule has 8 heteroatoms. The number of nitrogens with zero attached hydrogens (tertiary/aromatic N) is 3. The third-order valence-corrected chi connectivity index (χ3v) is 6.16. The van der Waals surface area contributed by atoms with Gasteiger partial charge < -0.3 is 13.9 Å². The third-order valence-electron chi connectivity index (χ3n) is 6.16. The fraction of sp³-hybridized carbons (Fsp3) is 0.0625. The molecule has 0 spiro atoms. The van der Waals surface area contributed by atoms with Crippen LogP contribution in [0.3, 0.4) is 0 Å². The Morgan fingerprint density at radius 1 is 0.925 bits per heavy atom. The van der Waals surface area contributed by atoms with E-state index in [2.05, 4.69) is 11.1 Å². The highest BCUT2D eigenvalue weighted by molar-refractivity contribution is 5.90. The number of benzene rings is 4. The van der Waals surface area contributed by atoms with E-state index in [1.807, 2.05) is 66.7 Å². The van der Waals surface area contributed by atoms with Gasteiger partial charge in [-0.15, -0.1) is 0 Å². The monoisotopic (exact) mass is 529 g/mol. The SMILES string of the molecule is COc1cc(C=Nc2oc(-c3ccccc3)c(-c3ccccc3)c2C#N)ccc1OCc1ccc([N+](=O)[O-])cc1. The van der Waals surface area contributed by atoms with Gasteiger partial charge in [-0.3, -0.25) is 10.1 Å². The van der Waals surface area contributed by atoms with Crippen molar-refractivity contribution < 1.29 is 18.8 Å². The number of aliphatic imine (C=N–C) groups is 1. The Kier molecular flexibility index (Phi) is 7.65. The maximum Gasteiger partial charge on any atom is 0.269 e. The van der Waals surface area contributed by atoms with Crippen molar-refractivity contribution in [2.24, 2.45) is 4.99 Å². The molecule has 0 saturated carbocycles. The van der Waals surface area contributed by atoms with Gasteiger partial charge in [0.25, 0.3) is 5.69 Å². The average Bonchev–Trinajstić information content (AvgIpc) is 3.38. The summed E-state index contributed by atoms with van der Waals surface area (Å²) in [6, 6.07) is 33.0. The van der Waals surface area contributed by atoms with Crippen molar-refractivity contribution >= 4 is 17.8 Å². The van der Waals surface area contributed by atoms with Crippen molar-refractivity contribution in [2.75, 3.05) is 7.11 Å². The second kappa shape index (κ2) is 11.8. The molecule has 0 fully saturated rings. The minimum Gasteiger partial charge on any atom is -0.493 e. The molecule has 8 nitrogen and oxygen atoms in total. The lowest BCUT2D eigenvalue weighted by Gasteiger charge is -2.11. The van der Waals surface area contributed by atoms with Crippen LogP contribution in [0.25, 0.3) is 22.5 Å². The van der Waals surface area contributed by atoms with Gasteiger partial charge in [-0.2, -0.15) is 5.26 Å². The summed E-state index contributed by atoms with van der Waals surface area (Å²) in [6.07, 6.45) is 1.60. The first-order chi connectivity index (χ1) is 19.6. The van der Waals surface area contributed by atoms with Crippen LogP contribution in [0.4, 0.5) is 11.6 Å². The summed E-state index contributed by atoms with van der Waals surface area (Å²) < 4.78 is 17.6. The van der Waals surface area contributed by atoms with E-state index in [0.717, 1.165) is 16.7 Å². The fourth-order valence-corrected chi connectivity index (χ4v) is 4.18. The highest BCUT2D eigenvalue weighted by Crippen LogP contribution is 2.42. The number of furan rings is 1. The number of non-ortho nitro benzene ring substituents is 1. The van der Waals surface area contributed by atoms with Crippen LogP contribution in [0.5, 0.6) is 11.5 Å². The Morgan fingerprint density at radius 2 is 1.60 bits per heavy atom. The van der Waals surface area contributed by atoms with Gasteiger partial charge in [0, 0.05) is 29.5 Å². The number of rotatable bonds is 9. The molecule has 0 unspecified atom stereocenters. The quantitative estimate of drug-likeness (QED) is 0.110. The summed E-state index contributed by atoms with van der Waals surface area (Å²) >= 11 is 0. The zero-order valence-electron chi connectivity index (χ0n) is 21.5. The van der Waals surface area contributed by atoms with Crippen LogP contribution in [0.15, 0.2) is 113 Å². The third kappa shape index (κ3) is 5.59. The lowest BCUT2D eigenvalue weighted by molar-refractivity contribution is -0.384. The standard InChI is InChI=1S/C32H23N3O5/c1-38-29-18-23(14-17-28(29)39-21-22-12-15-26(16-13-22)35(36)37)20-34-32-27(19-33)30(24-8-4-2-5-9-24)31(40-32)25-10-6-3-7-11-25/h2-18,20H,21H2,1H3. The topological polar surface area (TPSA) is 111 Å². The van der Waals surface area contributed by atoms with Gasteiger partial charge in [0.1, 0.15) is 24.0 Å². The van der Waals surface area contributed by atoms with E-state index >= 15 is 0 Å². The number of nitro benzene ring substituents is 1. The Morgan fingerprint density at radius 3 is 2.23 bits per heavy atom. The zero-order chi connectivity index (χ0) is 27.9. The molecular formula is C32H23N3O5. The molecule has 40 heavy (non-hydrogen) atoms. The van der Waals surface area contributed by atoms with Crippen LogP contribution < -0.4 is 9.47 Å². The van der Waals surface area contributed by atoms with Crippen LogP contribution in [-0.4, -0.2) is 18.2 Å². The van der Waals surface area contributed by atoms with Crippen LogP contribution in [0.1, 0.15) is 16.7 Å². The molecule has 1 heterocycles. The Labute approximate surface area is 230 Å². The predicted octanol–water partition coefficient (Wildman–Crippen LogP) is 7.73. The average molecular weight is 530 g/mol. The fourth-order valence-electron chi connectivity index (χ4n) is 4.18. The molecule has 196 valence electrons. The number of hydrogen-bond donors (Lipinski definition) is 0. The first-order valence-corrected chi connectivity index (χ1v) is 12.3. The minimum absolute atomic E-state index is 0.0212. The summed E-state index contributed by atoms with van der Waals surface area (Å²) in [5.74, 6) is 1.77. The molecule has 0 atom stereocenters. The van der Waals surface area contributed by atoms with Crippen molar-refractivity contribution in [3.63, 3.8) is 0 Å². The smallest absolute Gasteiger partial charge is 0.269 e. The normalized spacial score (nSPS) is 10.8. The van der Waals surface area contributed by atoms with Crippen LogP contribution in [0, 0.1) is 21.4 Å². The molecule has 0 aliphatic rings. The maximum absolute atomic E-state index is 10.9. The van der Waals surface area contributed by atoms with Gasteiger partial charge in [0.15, 0.2) is 11.5 Å². The molecule has 0 N–H and O–H groups in total. The molecule has 0 radical (unpaired) electrons. The highest BCUT2D eigenvalue weighted by atomic mass is 16.6. The Hall–Kier alpha value is -5.68. The van der Waals surface area contributed by atoms with E-state index in [1.54, 1.807) is 30.5 Å². The van der Waals surface area contributed by atoms with E-state index in [0.29, 0.717) is 33.9 Å². The molecule has 0 saturated heterocycles. The molecule has 5 aromatic rings. The van der Waals surface area contributed by atoms with Crippen molar-refractivity contribution in [1.29, 1.82) is 5.26 Å². The summed E-state index contributed by atoms with van der Waals surface area (Å²) in [5, 5.41) is 20.9. The van der Waals surface area contributed by atoms with Crippen molar-refractivity contribution in [1.82, 2.24) is 0 Å². The van der Waals surface area contributed by atoms with Gasteiger partial charge in [0.05, 0.1) is 12.0 Å². The second-order valence-corrected chi connectivity index (χ2v) is 8.71. The van der Waals surface area contributed by atoms with E-state index in [1.165, 1.54) is 19.2 Å². The lowest BCUT2D eigenvalue weighted by Crippen LogP contribution is -1.99. The zero-order valence-corrected chi connectivity index (χ0v) is 21.5. The number of methoxy groups -OCH3 is 1. The second-order valence-electron chi connectivity index (χ2n) is 8.71. The number of nitriles is 1. The number of nitro groups is 1. The van der Waals surface area contributed by atoms with Crippen LogP contribution >= 0.6 is 0 Å². The summed E-state index contributed by atoms with van der Waals surface area (Å²) in [4.78, 5) is 15.0. The largest absolute Gasteiger partial charge is 0.493 e. The Bertz CT molecular complexity index is 1700. The molecule has 1 aromatic heterocycles. The summed E-state index contributed by atoms with van der Waals surface area (Å²) in [7, 11) is 1.54. The maximum atomic E-state index is 10.9. The summed E-state index contributed by atoms with van der Waals surface area (Å²) in [6.45, 7) is 0.213. The van der Waals surface area contributed by atoms with E-state index < -0.39 is 4.92 Å². The van der Waals surface area contributed by atoms with Gasteiger partial charge in [-0.1, -0.05) is 60.7 Å². The molecule has 5 rings (SSSR count). The Balaban J connectivity index is 1.42. The van der Waals surface area contributed by atoms with E-state index in [9.17, 15) is 15.4 Å². The molecule has 0 aliphatic heterocycles. The van der Waals surface area contributed by atoms with Gasteiger partial charge >= 0.3 is 0 Å². The predicted molar refractivity (Wildman–Crippen MR) is 152 cm³/mol. The van der Waals surface area contributed by atoms with Crippen LogP contribution in [-0.2, 0) is 6.61 Å². The van der Waals surface area contributed by atoms with Gasteiger partial charge in [-0.05, 0) is 47.0 Å². The highest BCUT2D eigenvalue weighted by Gasteiger charge is 2.22. The van der Waals surface area contributed by atoms with E-state index in [4.69, 9.17) is 13.9 Å². The molecule has 0 amide bonds. The number of hydrogen-bond acceptors (Lipinski definition) is 7. The number of ether oxygens (including phenoxy) is 2. The van der Waals surface area contributed by atoms with Crippen molar-refractivity contribution in [3.05, 3.63) is 130 Å². The van der Waals surface area contributed by atoms with E-state index in [-0.39, 0.29) is 18.2 Å². The molecule has 4 aromatic carbocycles. The first kappa shape index (κ1) is 25.9. The molecular weight excluding hydrogens is 506 g/mol. The lowest BCUT2D eigenvalue weighted by atomic mass is 9.98.